The van der Waals surface area contributed by atoms with Crippen molar-refractivity contribution < 1.29 is 26.3 Å². The molecule has 2 heterocycles. The molecule has 1 N–H and O–H groups in total. The van der Waals surface area contributed by atoms with Gasteiger partial charge < -0.3 is 4.74 Å². The lowest BCUT2D eigenvalue weighted by atomic mass is 10.3. The monoisotopic (exact) mass is 474 g/mol. The number of nitrogens with zero attached hydrogens (tertiary/aromatic N) is 3. The first-order chi connectivity index (χ1) is 14.5. The van der Waals surface area contributed by atoms with Gasteiger partial charge in [-0.2, -0.15) is 18.3 Å². The van der Waals surface area contributed by atoms with Gasteiger partial charge in [-0.15, -0.1) is 0 Å². The van der Waals surface area contributed by atoms with Gasteiger partial charge in [-0.05, 0) is 36.8 Å². The van der Waals surface area contributed by atoms with E-state index in [1.54, 1.807) is 7.05 Å². The lowest BCUT2D eigenvalue weighted by Gasteiger charge is -2.10. The van der Waals surface area contributed by atoms with Gasteiger partial charge in [-0.25, -0.2) is 18.1 Å². The second kappa shape index (κ2) is 8.85. The van der Waals surface area contributed by atoms with Crippen molar-refractivity contribution in [2.75, 3.05) is 0 Å². The molecule has 31 heavy (non-hydrogen) atoms. The van der Waals surface area contributed by atoms with Crippen molar-refractivity contribution >= 4 is 21.6 Å². The number of rotatable bonds is 7. The van der Waals surface area contributed by atoms with Crippen LogP contribution in [-0.4, -0.2) is 23.2 Å². The molecule has 3 aromatic rings. The maximum Gasteiger partial charge on any atom is 0.417 e. The number of hydrogen-bond acceptors (Lipinski definition) is 5. The molecule has 3 rings (SSSR count). The Morgan fingerprint density at radius 3 is 2.35 bits per heavy atom. The highest BCUT2D eigenvalue weighted by atomic mass is 35.5. The predicted octanol–water partition coefficient (Wildman–Crippen LogP) is 4.32. The third kappa shape index (κ3) is 5.35. The predicted molar refractivity (Wildman–Crippen MR) is 107 cm³/mol. The Labute approximate surface area is 181 Å². The summed E-state index contributed by atoms with van der Waals surface area (Å²) < 4.78 is 72.2. The fourth-order valence-corrected chi connectivity index (χ4v) is 4.02. The van der Waals surface area contributed by atoms with Gasteiger partial charge in [0, 0.05) is 19.3 Å². The Hall–Kier alpha value is -2.63. The Morgan fingerprint density at radius 1 is 1.16 bits per heavy atom. The lowest BCUT2D eigenvalue weighted by molar-refractivity contribution is -0.137. The van der Waals surface area contributed by atoms with Gasteiger partial charge in [0.15, 0.2) is 0 Å². The minimum absolute atomic E-state index is 0.0192. The summed E-state index contributed by atoms with van der Waals surface area (Å²) in [6.07, 6.45) is -3.22. The molecule has 0 amide bonds. The summed E-state index contributed by atoms with van der Waals surface area (Å²) in [5.74, 6) is 0.160. The molecule has 0 fully saturated rings. The molecule has 7 nitrogen and oxygen atoms in total. The number of aromatic nitrogens is 3. The van der Waals surface area contributed by atoms with E-state index in [2.05, 4.69) is 14.8 Å². The van der Waals surface area contributed by atoms with Crippen LogP contribution >= 0.6 is 11.6 Å². The van der Waals surface area contributed by atoms with Gasteiger partial charge >= 0.3 is 6.18 Å². The van der Waals surface area contributed by atoms with E-state index in [9.17, 15) is 21.6 Å². The van der Waals surface area contributed by atoms with Crippen LogP contribution in [0, 0.1) is 0 Å². The molecular weight excluding hydrogens is 457 g/mol. The van der Waals surface area contributed by atoms with Gasteiger partial charge in [-0.3, -0.25) is 4.68 Å². The maximum absolute atomic E-state index is 12.6. The number of benzene rings is 1. The summed E-state index contributed by atoms with van der Waals surface area (Å²) in [5, 5.41) is 4.65. The summed E-state index contributed by atoms with van der Waals surface area (Å²) in [6, 6.07) is 7.30. The fraction of sp³-hybridized carbons (Fsp3) is 0.263. The number of alkyl halides is 3. The smallest absolute Gasteiger partial charge is 0.417 e. The maximum atomic E-state index is 12.6. The minimum Gasteiger partial charge on any atom is -0.439 e. The molecule has 0 saturated heterocycles. The van der Waals surface area contributed by atoms with Gasteiger partial charge in [-0.1, -0.05) is 18.5 Å². The van der Waals surface area contributed by atoms with Crippen LogP contribution in [0.2, 0.25) is 5.02 Å². The lowest BCUT2D eigenvalue weighted by Crippen LogP contribution is -2.24. The summed E-state index contributed by atoms with van der Waals surface area (Å²) in [7, 11) is -2.17. The van der Waals surface area contributed by atoms with E-state index in [1.165, 1.54) is 28.9 Å². The number of hydrogen-bond donors (Lipinski definition) is 1. The molecular formula is C19H18ClF3N4O3S. The molecule has 166 valence electrons. The highest BCUT2D eigenvalue weighted by Crippen LogP contribution is 2.30. The zero-order valence-electron chi connectivity index (χ0n) is 16.4. The normalized spacial score (nSPS) is 12.2. The van der Waals surface area contributed by atoms with Crippen molar-refractivity contribution in [3.63, 3.8) is 0 Å². The van der Waals surface area contributed by atoms with Crippen molar-refractivity contribution in [1.29, 1.82) is 0 Å². The van der Waals surface area contributed by atoms with Crippen molar-refractivity contribution in [3.05, 3.63) is 64.6 Å². The van der Waals surface area contributed by atoms with Crippen molar-refractivity contribution in [2.24, 2.45) is 7.05 Å². The first-order valence-electron chi connectivity index (χ1n) is 9.02. The van der Waals surface area contributed by atoms with Gasteiger partial charge in [0.1, 0.15) is 5.75 Å². The standard InChI is InChI=1S/C19H18ClF3N4O3S/c1-3-15-18(20)16(27(2)26-15)11-25-31(28,29)14-7-5-13(6-8-14)30-17-9-4-12(10-24-17)19(21,22)23/h4-10,25H,3,11H2,1-2H3. The highest BCUT2D eigenvalue weighted by molar-refractivity contribution is 7.89. The van der Waals surface area contributed by atoms with Crippen LogP contribution in [-0.2, 0) is 36.2 Å². The van der Waals surface area contributed by atoms with Crippen molar-refractivity contribution in [1.82, 2.24) is 19.5 Å². The molecule has 0 saturated carbocycles. The Kier molecular flexibility index (Phi) is 6.58. The first-order valence-corrected chi connectivity index (χ1v) is 10.9. The fourth-order valence-electron chi connectivity index (χ4n) is 2.67. The van der Waals surface area contributed by atoms with E-state index < -0.39 is 21.8 Å². The Balaban J connectivity index is 1.68. The van der Waals surface area contributed by atoms with Crippen molar-refractivity contribution in [2.45, 2.75) is 31.0 Å². The second-order valence-electron chi connectivity index (χ2n) is 6.47. The topological polar surface area (TPSA) is 86.1 Å². The molecule has 0 unspecified atom stereocenters. The number of ether oxygens (including phenoxy) is 1. The molecule has 0 bridgehead atoms. The van der Waals surface area contributed by atoms with Crippen LogP contribution in [0.15, 0.2) is 47.5 Å². The van der Waals surface area contributed by atoms with Gasteiger partial charge in [0.25, 0.3) is 0 Å². The first kappa shape index (κ1) is 23.0. The van der Waals surface area contributed by atoms with E-state index in [1.807, 2.05) is 6.92 Å². The Bertz CT molecular complexity index is 1160. The van der Waals surface area contributed by atoms with Crippen LogP contribution in [0.5, 0.6) is 11.6 Å². The number of nitrogens with one attached hydrogen (secondary N) is 1. The highest BCUT2D eigenvalue weighted by Gasteiger charge is 2.30. The zero-order valence-corrected chi connectivity index (χ0v) is 18.0. The summed E-state index contributed by atoms with van der Waals surface area (Å²) in [6.45, 7) is 1.85. The van der Waals surface area contributed by atoms with Crippen LogP contribution < -0.4 is 9.46 Å². The molecule has 0 aliphatic carbocycles. The molecule has 1 aromatic carbocycles. The summed E-state index contributed by atoms with van der Waals surface area (Å²) in [4.78, 5) is 3.59. The number of halogens is 4. The second-order valence-corrected chi connectivity index (χ2v) is 8.61. The van der Waals surface area contributed by atoms with Crippen LogP contribution in [0.3, 0.4) is 0 Å². The quantitative estimate of drug-likeness (QED) is 0.551. The summed E-state index contributed by atoms with van der Waals surface area (Å²) in [5.41, 5.74) is 0.319. The van der Waals surface area contributed by atoms with Crippen molar-refractivity contribution in [3.8, 4) is 11.6 Å². The van der Waals surface area contributed by atoms with E-state index in [4.69, 9.17) is 16.3 Å². The van der Waals surface area contributed by atoms with Gasteiger partial charge in [0.2, 0.25) is 15.9 Å². The molecule has 0 atom stereocenters. The number of aryl methyl sites for hydroxylation is 2. The molecule has 0 aliphatic rings. The Morgan fingerprint density at radius 2 is 1.84 bits per heavy atom. The van der Waals surface area contributed by atoms with E-state index in [0.29, 0.717) is 29.0 Å². The van der Waals surface area contributed by atoms with E-state index in [-0.39, 0.29) is 23.1 Å². The molecule has 0 aliphatic heterocycles. The third-order valence-corrected chi connectivity index (χ3v) is 6.21. The van der Waals surface area contributed by atoms with E-state index >= 15 is 0 Å². The van der Waals surface area contributed by atoms with Crippen LogP contribution in [0.25, 0.3) is 0 Å². The molecule has 12 heteroatoms. The zero-order chi connectivity index (χ0) is 22.8. The van der Waals surface area contributed by atoms with Gasteiger partial charge in [0.05, 0.1) is 33.4 Å². The largest absolute Gasteiger partial charge is 0.439 e. The molecule has 0 spiro atoms. The van der Waals surface area contributed by atoms with Crippen LogP contribution in [0.4, 0.5) is 13.2 Å². The molecule has 2 aromatic heterocycles. The van der Waals surface area contributed by atoms with E-state index in [0.717, 1.165) is 12.1 Å². The average Bonchev–Trinajstić information content (AvgIpc) is 2.99. The van der Waals surface area contributed by atoms with Crippen LogP contribution in [0.1, 0.15) is 23.9 Å². The minimum atomic E-state index is -4.49. The number of pyridine rings is 1. The third-order valence-electron chi connectivity index (χ3n) is 4.35. The number of sulfonamides is 1. The average molecular weight is 475 g/mol. The SMILES string of the molecule is CCc1nn(C)c(CNS(=O)(=O)c2ccc(Oc3ccc(C(F)(F)F)cn3)cc2)c1Cl. The molecule has 0 radical (unpaired) electrons. The summed E-state index contributed by atoms with van der Waals surface area (Å²) >= 11 is 6.23.